The number of halogens is 1. The second kappa shape index (κ2) is 8.43. The number of amides is 2. The van der Waals surface area contributed by atoms with Gasteiger partial charge >= 0.3 is 0 Å². The van der Waals surface area contributed by atoms with Gasteiger partial charge in [-0.2, -0.15) is 0 Å². The maximum atomic E-state index is 13.3. The molecular weight excluding hydrogens is 363 g/mol. The molecule has 0 radical (unpaired) electrons. The van der Waals surface area contributed by atoms with Gasteiger partial charge in [-0.25, -0.2) is 9.37 Å². The normalized spacial score (nSPS) is 10.8. The Kier molecular flexibility index (Phi) is 5.78. The van der Waals surface area contributed by atoms with E-state index in [4.69, 9.17) is 5.73 Å². The number of hydrogen-bond donors (Lipinski definition) is 1. The molecule has 0 saturated heterocycles. The second-order valence-corrected chi connectivity index (χ2v) is 6.36. The Morgan fingerprint density at radius 2 is 1.89 bits per heavy atom. The molecule has 0 saturated carbocycles. The predicted octanol–water partition coefficient (Wildman–Crippen LogP) is 1.44. The largest absolute Gasteiger partial charge is 0.370 e. The molecule has 8 heteroatoms. The van der Waals surface area contributed by atoms with Gasteiger partial charge in [-0.3, -0.25) is 19.0 Å². The smallest absolute Gasteiger partial charge is 0.261 e. The van der Waals surface area contributed by atoms with Crippen molar-refractivity contribution < 1.29 is 14.0 Å². The van der Waals surface area contributed by atoms with E-state index in [-0.39, 0.29) is 42.9 Å². The number of hydrogen-bond acceptors (Lipinski definition) is 4. The Balaban J connectivity index is 1.83. The highest BCUT2D eigenvalue weighted by Crippen LogP contribution is 2.10. The van der Waals surface area contributed by atoms with Crippen LogP contribution in [0.4, 0.5) is 4.39 Å². The van der Waals surface area contributed by atoms with E-state index in [1.807, 2.05) is 30.3 Å². The minimum atomic E-state index is -0.516. The number of carbonyl (C=O) groups excluding carboxylic acids is 2. The molecule has 0 aliphatic rings. The molecule has 0 aliphatic carbocycles. The molecule has 28 heavy (non-hydrogen) atoms. The number of aromatic nitrogens is 2. The predicted molar refractivity (Wildman–Crippen MR) is 102 cm³/mol. The third kappa shape index (κ3) is 4.59. The molecule has 2 aromatic carbocycles. The van der Waals surface area contributed by atoms with Gasteiger partial charge < -0.3 is 10.6 Å². The van der Waals surface area contributed by atoms with Gasteiger partial charge in [0, 0.05) is 25.6 Å². The SMILES string of the molecule is NC(=O)CCN(Cc1ccccc1)C(=O)Cn1cnc2cc(F)ccc2c1=O. The zero-order chi connectivity index (χ0) is 20.1. The van der Waals surface area contributed by atoms with E-state index < -0.39 is 17.3 Å². The maximum Gasteiger partial charge on any atom is 0.261 e. The van der Waals surface area contributed by atoms with Crippen molar-refractivity contribution in [3.63, 3.8) is 0 Å². The van der Waals surface area contributed by atoms with E-state index >= 15 is 0 Å². The standard InChI is InChI=1S/C20H19FN4O3/c21-15-6-7-16-17(10-15)23-13-25(20(16)28)12-19(27)24(9-8-18(22)26)11-14-4-2-1-3-5-14/h1-7,10,13H,8-9,11-12H2,(H2,22,26). The van der Waals surface area contributed by atoms with Gasteiger partial charge in [0.15, 0.2) is 0 Å². The number of rotatable bonds is 7. The van der Waals surface area contributed by atoms with Crippen LogP contribution in [0.1, 0.15) is 12.0 Å². The Morgan fingerprint density at radius 1 is 1.14 bits per heavy atom. The molecule has 0 atom stereocenters. The molecule has 1 aromatic heterocycles. The molecule has 2 N–H and O–H groups in total. The van der Waals surface area contributed by atoms with E-state index in [2.05, 4.69) is 4.98 Å². The van der Waals surface area contributed by atoms with Crippen molar-refractivity contribution in [3.8, 4) is 0 Å². The minimum absolute atomic E-state index is 0.0166. The zero-order valence-electron chi connectivity index (χ0n) is 15.0. The van der Waals surface area contributed by atoms with Gasteiger partial charge in [0.2, 0.25) is 11.8 Å². The lowest BCUT2D eigenvalue weighted by molar-refractivity contribution is -0.133. The van der Waals surface area contributed by atoms with Crippen molar-refractivity contribution in [2.45, 2.75) is 19.5 Å². The van der Waals surface area contributed by atoms with Crippen molar-refractivity contribution in [2.24, 2.45) is 5.73 Å². The first-order chi connectivity index (χ1) is 13.4. The van der Waals surface area contributed by atoms with Crippen molar-refractivity contribution in [3.05, 3.63) is 76.6 Å². The third-order valence-electron chi connectivity index (χ3n) is 4.29. The Hall–Kier alpha value is -3.55. The van der Waals surface area contributed by atoms with E-state index in [0.717, 1.165) is 11.6 Å². The van der Waals surface area contributed by atoms with Gasteiger partial charge in [-0.05, 0) is 17.7 Å². The molecule has 0 spiro atoms. The summed E-state index contributed by atoms with van der Waals surface area (Å²) in [5.41, 5.74) is 5.89. The Labute approximate surface area is 160 Å². The zero-order valence-corrected chi connectivity index (χ0v) is 15.0. The topological polar surface area (TPSA) is 98.3 Å². The van der Waals surface area contributed by atoms with Crippen molar-refractivity contribution >= 4 is 22.7 Å². The molecule has 0 bridgehead atoms. The lowest BCUT2D eigenvalue weighted by atomic mass is 10.2. The van der Waals surface area contributed by atoms with Crippen LogP contribution in [-0.2, 0) is 22.7 Å². The lowest BCUT2D eigenvalue weighted by Gasteiger charge is -2.23. The summed E-state index contributed by atoms with van der Waals surface area (Å²) in [6, 6.07) is 13.0. The van der Waals surface area contributed by atoms with E-state index in [1.54, 1.807) is 0 Å². The highest BCUT2D eigenvalue weighted by molar-refractivity contribution is 5.80. The fourth-order valence-corrected chi connectivity index (χ4v) is 2.83. The van der Waals surface area contributed by atoms with Crippen LogP contribution < -0.4 is 11.3 Å². The second-order valence-electron chi connectivity index (χ2n) is 6.36. The van der Waals surface area contributed by atoms with Crippen LogP contribution >= 0.6 is 0 Å². The molecule has 7 nitrogen and oxygen atoms in total. The molecule has 0 fully saturated rings. The Bertz CT molecular complexity index is 1070. The minimum Gasteiger partial charge on any atom is -0.370 e. The summed E-state index contributed by atoms with van der Waals surface area (Å²) in [5.74, 6) is -1.36. The number of fused-ring (bicyclic) bond motifs is 1. The summed E-state index contributed by atoms with van der Waals surface area (Å²) in [6.07, 6.45) is 1.24. The maximum absolute atomic E-state index is 13.3. The van der Waals surface area contributed by atoms with Crippen LogP contribution in [0.5, 0.6) is 0 Å². The molecule has 2 amide bonds. The summed E-state index contributed by atoms with van der Waals surface area (Å²) in [5, 5.41) is 0.225. The molecule has 0 aliphatic heterocycles. The first kappa shape index (κ1) is 19.2. The van der Waals surface area contributed by atoms with E-state index in [1.165, 1.54) is 27.9 Å². The van der Waals surface area contributed by atoms with Gasteiger partial charge in [0.05, 0.1) is 17.2 Å². The highest BCUT2D eigenvalue weighted by Gasteiger charge is 2.17. The molecule has 3 rings (SSSR count). The monoisotopic (exact) mass is 382 g/mol. The summed E-state index contributed by atoms with van der Waals surface area (Å²) < 4.78 is 14.5. The van der Waals surface area contributed by atoms with Crippen LogP contribution in [-0.4, -0.2) is 32.8 Å². The summed E-state index contributed by atoms with van der Waals surface area (Å²) in [4.78, 5) is 42.1. The number of carbonyl (C=O) groups is 2. The highest BCUT2D eigenvalue weighted by atomic mass is 19.1. The van der Waals surface area contributed by atoms with Crippen LogP contribution in [0.25, 0.3) is 10.9 Å². The average Bonchev–Trinajstić information content (AvgIpc) is 2.67. The van der Waals surface area contributed by atoms with Crippen LogP contribution in [0.3, 0.4) is 0 Å². The average molecular weight is 382 g/mol. The van der Waals surface area contributed by atoms with Gasteiger partial charge in [0.25, 0.3) is 5.56 Å². The fraction of sp³-hybridized carbons (Fsp3) is 0.200. The van der Waals surface area contributed by atoms with E-state index in [0.29, 0.717) is 0 Å². The first-order valence-corrected chi connectivity index (χ1v) is 8.69. The van der Waals surface area contributed by atoms with Crippen molar-refractivity contribution in [1.29, 1.82) is 0 Å². The Morgan fingerprint density at radius 3 is 2.61 bits per heavy atom. The van der Waals surface area contributed by atoms with E-state index in [9.17, 15) is 18.8 Å². The number of nitrogens with two attached hydrogens (primary N) is 1. The molecule has 1 heterocycles. The van der Waals surface area contributed by atoms with Crippen LogP contribution in [0.2, 0.25) is 0 Å². The molecule has 3 aromatic rings. The number of nitrogens with zero attached hydrogens (tertiary/aromatic N) is 3. The molecule has 144 valence electrons. The lowest BCUT2D eigenvalue weighted by Crippen LogP contribution is -2.38. The van der Waals surface area contributed by atoms with Crippen LogP contribution in [0.15, 0.2) is 59.7 Å². The third-order valence-corrected chi connectivity index (χ3v) is 4.29. The summed E-state index contributed by atoms with van der Waals surface area (Å²) in [6.45, 7) is 0.183. The van der Waals surface area contributed by atoms with Crippen molar-refractivity contribution in [2.75, 3.05) is 6.54 Å². The molecule has 0 unspecified atom stereocenters. The van der Waals surface area contributed by atoms with Gasteiger partial charge in [0.1, 0.15) is 12.4 Å². The number of benzene rings is 2. The fourth-order valence-electron chi connectivity index (χ4n) is 2.83. The summed E-state index contributed by atoms with van der Waals surface area (Å²) in [7, 11) is 0. The summed E-state index contributed by atoms with van der Waals surface area (Å²) >= 11 is 0. The quantitative estimate of drug-likeness (QED) is 0.668. The first-order valence-electron chi connectivity index (χ1n) is 8.69. The molecular formula is C20H19FN4O3. The van der Waals surface area contributed by atoms with Crippen molar-refractivity contribution in [1.82, 2.24) is 14.5 Å². The van der Waals surface area contributed by atoms with Gasteiger partial charge in [-0.15, -0.1) is 0 Å². The van der Waals surface area contributed by atoms with Gasteiger partial charge in [-0.1, -0.05) is 30.3 Å². The number of primary amides is 1. The van der Waals surface area contributed by atoms with Crippen LogP contribution in [0, 0.1) is 5.82 Å².